The molecule has 1 aromatic carbocycles. The Bertz CT molecular complexity index is 519. The second-order valence-corrected chi connectivity index (χ2v) is 4.20. The topological polar surface area (TPSA) is 42.2 Å². The van der Waals surface area contributed by atoms with Crippen molar-refractivity contribution in [3.63, 3.8) is 0 Å². The highest BCUT2D eigenvalue weighted by Gasteiger charge is 2.11. The summed E-state index contributed by atoms with van der Waals surface area (Å²) in [5.41, 5.74) is 0.724. The van der Waals surface area contributed by atoms with Gasteiger partial charge in [0, 0.05) is 4.47 Å². The first-order chi connectivity index (χ1) is 7.66. The van der Waals surface area contributed by atoms with Gasteiger partial charge in [-0.05, 0) is 47.1 Å². The maximum Gasteiger partial charge on any atom is 0.291 e. The van der Waals surface area contributed by atoms with Crippen LogP contribution in [0.15, 0.2) is 45.3 Å². The Morgan fingerprint density at radius 1 is 1.25 bits per heavy atom. The van der Waals surface area contributed by atoms with Crippen molar-refractivity contribution in [2.45, 2.75) is 6.92 Å². The van der Waals surface area contributed by atoms with E-state index in [4.69, 9.17) is 4.42 Å². The van der Waals surface area contributed by atoms with Gasteiger partial charge < -0.3 is 9.73 Å². The van der Waals surface area contributed by atoms with Crippen molar-refractivity contribution in [1.29, 1.82) is 0 Å². The molecule has 0 atom stereocenters. The van der Waals surface area contributed by atoms with Crippen LogP contribution in [0.5, 0.6) is 0 Å². The van der Waals surface area contributed by atoms with Gasteiger partial charge in [0.25, 0.3) is 5.91 Å². The summed E-state index contributed by atoms with van der Waals surface area (Å²) in [6.45, 7) is 1.80. The average molecular weight is 280 g/mol. The Labute approximate surface area is 102 Å². The van der Waals surface area contributed by atoms with Crippen molar-refractivity contribution >= 4 is 27.5 Å². The number of rotatable bonds is 2. The Balaban J connectivity index is 2.17. The summed E-state index contributed by atoms with van der Waals surface area (Å²) >= 11 is 3.36. The number of benzene rings is 1. The normalized spacial score (nSPS) is 10.1. The predicted molar refractivity (Wildman–Crippen MR) is 65.5 cm³/mol. The summed E-state index contributed by atoms with van der Waals surface area (Å²) in [6, 6.07) is 10.8. The van der Waals surface area contributed by atoms with Crippen LogP contribution in [0.25, 0.3) is 0 Å². The number of carbonyl (C=O) groups excluding carboxylic acids is 1. The molecule has 0 radical (unpaired) electrons. The smallest absolute Gasteiger partial charge is 0.291 e. The van der Waals surface area contributed by atoms with Gasteiger partial charge in [-0.2, -0.15) is 0 Å². The highest BCUT2D eigenvalue weighted by Crippen LogP contribution is 2.22. The van der Waals surface area contributed by atoms with Crippen LogP contribution in [0.1, 0.15) is 16.3 Å². The molecule has 4 heteroatoms. The Kier molecular flexibility index (Phi) is 3.10. The highest BCUT2D eigenvalue weighted by molar-refractivity contribution is 9.10. The fraction of sp³-hybridized carbons (Fsp3) is 0.0833. The molecular weight excluding hydrogens is 270 g/mol. The van der Waals surface area contributed by atoms with E-state index in [-0.39, 0.29) is 5.91 Å². The molecule has 0 saturated carbocycles. The standard InChI is InChI=1S/C12H10BrNO2/c1-8-6-7-11(16-8)12(15)14-10-5-3-2-4-9(10)13/h2-7H,1H3,(H,14,15). The number of anilines is 1. The Morgan fingerprint density at radius 3 is 2.62 bits per heavy atom. The molecule has 0 aliphatic carbocycles. The maximum atomic E-state index is 11.8. The average Bonchev–Trinajstić information content (AvgIpc) is 2.68. The maximum absolute atomic E-state index is 11.8. The van der Waals surface area contributed by atoms with Crippen LogP contribution in [-0.2, 0) is 0 Å². The number of carbonyl (C=O) groups is 1. The van der Waals surface area contributed by atoms with Crippen molar-refractivity contribution in [3.8, 4) is 0 Å². The third-order valence-electron chi connectivity index (χ3n) is 2.09. The molecule has 0 aliphatic rings. The van der Waals surface area contributed by atoms with Gasteiger partial charge in [-0.15, -0.1) is 0 Å². The molecule has 3 nitrogen and oxygen atoms in total. The lowest BCUT2D eigenvalue weighted by Gasteiger charge is -2.04. The molecule has 0 fully saturated rings. The van der Waals surface area contributed by atoms with E-state index in [2.05, 4.69) is 21.2 Å². The van der Waals surface area contributed by atoms with Crippen molar-refractivity contribution in [2.24, 2.45) is 0 Å². The first-order valence-corrected chi connectivity index (χ1v) is 5.58. The zero-order valence-electron chi connectivity index (χ0n) is 8.66. The number of amides is 1. The summed E-state index contributed by atoms with van der Waals surface area (Å²) in [7, 11) is 0. The molecular formula is C12H10BrNO2. The molecule has 1 heterocycles. The number of furan rings is 1. The van der Waals surface area contributed by atoms with Crippen molar-refractivity contribution in [2.75, 3.05) is 5.32 Å². The third-order valence-corrected chi connectivity index (χ3v) is 2.78. The third kappa shape index (κ3) is 2.33. The van der Waals surface area contributed by atoms with E-state index in [1.807, 2.05) is 24.3 Å². The van der Waals surface area contributed by atoms with Gasteiger partial charge in [0.2, 0.25) is 0 Å². The van der Waals surface area contributed by atoms with E-state index in [1.165, 1.54) is 0 Å². The van der Waals surface area contributed by atoms with E-state index in [9.17, 15) is 4.79 Å². The second-order valence-electron chi connectivity index (χ2n) is 3.34. The number of para-hydroxylation sites is 1. The van der Waals surface area contributed by atoms with Gasteiger partial charge in [0.05, 0.1) is 5.69 Å². The fourth-order valence-electron chi connectivity index (χ4n) is 1.30. The molecule has 0 spiro atoms. The number of aryl methyl sites for hydroxylation is 1. The van der Waals surface area contributed by atoms with Gasteiger partial charge in [0.1, 0.15) is 5.76 Å². The van der Waals surface area contributed by atoms with Crippen LogP contribution < -0.4 is 5.32 Å². The van der Waals surface area contributed by atoms with Gasteiger partial charge in [-0.3, -0.25) is 4.79 Å². The van der Waals surface area contributed by atoms with Crippen LogP contribution in [0, 0.1) is 6.92 Å². The lowest BCUT2D eigenvalue weighted by Crippen LogP contribution is -2.11. The van der Waals surface area contributed by atoms with Crippen molar-refractivity contribution in [1.82, 2.24) is 0 Å². The zero-order chi connectivity index (χ0) is 11.5. The van der Waals surface area contributed by atoms with Gasteiger partial charge >= 0.3 is 0 Å². The predicted octanol–water partition coefficient (Wildman–Crippen LogP) is 3.60. The molecule has 0 unspecified atom stereocenters. The van der Waals surface area contributed by atoms with E-state index in [1.54, 1.807) is 19.1 Å². The zero-order valence-corrected chi connectivity index (χ0v) is 10.2. The van der Waals surface area contributed by atoms with Gasteiger partial charge in [0.15, 0.2) is 5.76 Å². The van der Waals surface area contributed by atoms with Crippen LogP contribution in [0.3, 0.4) is 0 Å². The van der Waals surface area contributed by atoms with Crippen molar-refractivity contribution in [3.05, 3.63) is 52.4 Å². The van der Waals surface area contributed by atoms with E-state index >= 15 is 0 Å². The molecule has 16 heavy (non-hydrogen) atoms. The lowest BCUT2D eigenvalue weighted by atomic mass is 10.3. The number of nitrogens with one attached hydrogen (secondary N) is 1. The molecule has 2 rings (SSSR count). The van der Waals surface area contributed by atoms with Crippen LogP contribution in [0.4, 0.5) is 5.69 Å². The molecule has 1 aromatic heterocycles. The quantitative estimate of drug-likeness (QED) is 0.913. The Morgan fingerprint density at radius 2 is 2.00 bits per heavy atom. The highest BCUT2D eigenvalue weighted by atomic mass is 79.9. The molecule has 0 saturated heterocycles. The molecule has 0 bridgehead atoms. The molecule has 1 amide bonds. The minimum atomic E-state index is -0.250. The van der Waals surface area contributed by atoms with Gasteiger partial charge in [-0.1, -0.05) is 12.1 Å². The van der Waals surface area contributed by atoms with Crippen LogP contribution in [-0.4, -0.2) is 5.91 Å². The minimum absolute atomic E-state index is 0.250. The summed E-state index contributed by atoms with van der Waals surface area (Å²) < 4.78 is 6.07. The van der Waals surface area contributed by atoms with E-state index < -0.39 is 0 Å². The van der Waals surface area contributed by atoms with Crippen LogP contribution >= 0.6 is 15.9 Å². The first-order valence-electron chi connectivity index (χ1n) is 4.79. The van der Waals surface area contributed by atoms with Gasteiger partial charge in [-0.25, -0.2) is 0 Å². The molecule has 2 aromatic rings. The van der Waals surface area contributed by atoms with Crippen LogP contribution in [0.2, 0.25) is 0 Å². The molecule has 82 valence electrons. The summed E-state index contributed by atoms with van der Waals surface area (Å²) in [4.78, 5) is 11.8. The summed E-state index contributed by atoms with van der Waals surface area (Å²) in [6.07, 6.45) is 0. The summed E-state index contributed by atoms with van der Waals surface area (Å²) in [5, 5.41) is 2.76. The van der Waals surface area contributed by atoms with E-state index in [0.717, 1.165) is 15.9 Å². The first kappa shape index (κ1) is 11.0. The number of hydrogen-bond acceptors (Lipinski definition) is 2. The molecule has 0 aliphatic heterocycles. The summed E-state index contributed by atoms with van der Waals surface area (Å²) in [5.74, 6) is 0.783. The Hall–Kier alpha value is -1.55. The number of hydrogen-bond donors (Lipinski definition) is 1. The lowest BCUT2D eigenvalue weighted by molar-refractivity contribution is 0.0995. The monoisotopic (exact) mass is 279 g/mol. The van der Waals surface area contributed by atoms with E-state index in [0.29, 0.717) is 5.76 Å². The largest absolute Gasteiger partial charge is 0.456 e. The van der Waals surface area contributed by atoms with Crippen molar-refractivity contribution < 1.29 is 9.21 Å². The minimum Gasteiger partial charge on any atom is -0.456 e. The fourth-order valence-corrected chi connectivity index (χ4v) is 1.69. The SMILES string of the molecule is Cc1ccc(C(=O)Nc2ccccc2Br)o1. The molecule has 1 N–H and O–H groups in total. The number of halogens is 1. The second kappa shape index (κ2) is 4.53.